The highest BCUT2D eigenvalue weighted by atomic mass is 32.2. The number of para-hydroxylation sites is 2. The fourth-order valence-electron chi connectivity index (χ4n) is 3.11. The third-order valence-corrected chi connectivity index (χ3v) is 5.89. The van der Waals surface area contributed by atoms with E-state index in [4.69, 9.17) is 0 Å². The van der Waals surface area contributed by atoms with Crippen LogP contribution in [0, 0.1) is 17.0 Å². The molecule has 9 heteroatoms. The fraction of sp³-hybridized carbons (Fsp3) is 0.0500. The summed E-state index contributed by atoms with van der Waals surface area (Å²) in [5.41, 5.74) is 2.70. The maximum Gasteiger partial charge on any atom is 0.289 e. The molecule has 0 radical (unpaired) electrons. The van der Waals surface area contributed by atoms with E-state index in [0.717, 1.165) is 17.3 Å². The van der Waals surface area contributed by atoms with Crippen LogP contribution < -0.4 is 4.72 Å². The highest BCUT2D eigenvalue weighted by Gasteiger charge is 2.26. The zero-order chi connectivity index (χ0) is 20.6. The predicted octanol–water partition coefficient (Wildman–Crippen LogP) is 4.02. The van der Waals surface area contributed by atoms with E-state index in [0.29, 0.717) is 11.3 Å². The van der Waals surface area contributed by atoms with Gasteiger partial charge >= 0.3 is 0 Å². The Hall–Kier alpha value is -3.72. The molecule has 146 valence electrons. The van der Waals surface area contributed by atoms with Gasteiger partial charge in [-0.3, -0.25) is 14.8 Å². The zero-order valence-corrected chi connectivity index (χ0v) is 16.1. The van der Waals surface area contributed by atoms with Crippen molar-refractivity contribution in [3.8, 4) is 11.3 Å². The van der Waals surface area contributed by atoms with Crippen molar-refractivity contribution in [2.45, 2.75) is 11.8 Å². The van der Waals surface area contributed by atoms with Gasteiger partial charge in [-0.25, -0.2) is 13.4 Å². The lowest BCUT2D eigenvalue weighted by atomic mass is 10.1. The molecule has 0 aliphatic heterocycles. The molecule has 0 bridgehead atoms. The molecule has 29 heavy (non-hydrogen) atoms. The standard InChI is InChI=1S/C20H16N4O4S/c1-14-7-6-12-23-13-17(21-20(14)23)15-8-2-3-9-16(15)22-29(27,28)19-11-5-4-10-18(19)24(25)26/h2-13,22H,1H3. The number of sulfonamides is 1. The van der Waals surface area contributed by atoms with Crippen molar-refractivity contribution < 1.29 is 13.3 Å². The molecule has 0 saturated heterocycles. The molecule has 1 N–H and O–H groups in total. The van der Waals surface area contributed by atoms with Crippen molar-refractivity contribution in [1.29, 1.82) is 0 Å². The molecule has 2 aromatic carbocycles. The lowest BCUT2D eigenvalue weighted by Crippen LogP contribution is -2.15. The number of hydrogen-bond donors (Lipinski definition) is 1. The monoisotopic (exact) mass is 408 g/mol. The second-order valence-corrected chi connectivity index (χ2v) is 8.07. The van der Waals surface area contributed by atoms with Crippen LogP contribution in [0.25, 0.3) is 16.9 Å². The zero-order valence-electron chi connectivity index (χ0n) is 15.3. The number of nitrogens with zero attached hydrogens (tertiary/aromatic N) is 3. The smallest absolute Gasteiger partial charge is 0.289 e. The lowest BCUT2D eigenvalue weighted by molar-refractivity contribution is -0.387. The molecule has 0 spiro atoms. The molecule has 0 fully saturated rings. The first kappa shape index (κ1) is 18.6. The molecule has 0 amide bonds. The van der Waals surface area contributed by atoms with E-state index in [9.17, 15) is 18.5 Å². The minimum absolute atomic E-state index is 0.284. The number of rotatable bonds is 5. The number of nitro benzene ring substituents is 1. The van der Waals surface area contributed by atoms with E-state index in [2.05, 4.69) is 9.71 Å². The molecule has 2 heterocycles. The summed E-state index contributed by atoms with van der Waals surface area (Å²) < 4.78 is 30.1. The summed E-state index contributed by atoms with van der Waals surface area (Å²) >= 11 is 0. The van der Waals surface area contributed by atoms with Gasteiger partial charge < -0.3 is 4.40 Å². The summed E-state index contributed by atoms with van der Waals surface area (Å²) in [5.74, 6) is 0. The molecule has 8 nitrogen and oxygen atoms in total. The Morgan fingerprint density at radius 1 is 1.03 bits per heavy atom. The number of aryl methyl sites for hydroxylation is 1. The van der Waals surface area contributed by atoms with Crippen LogP contribution in [-0.4, -0.2) is 22.7 Å². The summed E-state index contributed by atoms with van der Waals surface area (Å²) in [4.78, 5) is 14.7. The third kappa shape index (κ3) is 3.43. The number of pyridine rings is 1. The number of anilines is 1. The molecule has 0 aliphatic rings. The maximum absolute atomic E-state index is 12.9. The van der Waals surface area contributed by atoms with Crippen molar-refractivity contribution in [3.63, 3.8) is 0 Å². The highest BCUT2D eigenvalue weighted by Crippen LogP contribution is 2.31. The first-order valence-corrected chi connectivity index (χ1v) is 10.1. The Morgan fingerprint density at radius 2 is 1.76 bits per heavy atom. The molecule has 0 unspecified atom stereocenters. The van der Waals surface area contributed by atoms with Crippen LogP contribution >= 0.6 is 0 Å². The van der Waals surface area contributed by atoms with Crippen molar-refractivity contribution >= 4 is 27.0 Å². The summed E-state index contributed by atoms with van der Waals surface area (Å²) in [5, 5.41) is 11.2. The molecular formula is C20H16N4O4S. The summed E-state index contributed by atoms with van der Waals surface area (Å²) in [7, 11) is -4.18. The van der Waals surface area contributed by atoms with Crippen molar-refractivity contribution in [1.82, 2.24) is 9.38 Å². The Bertz CT molecular complexity index is 1350. The van der Waals surface area contributed by atoms with Gasteiger partial charge in [0.15, 0.2) is 4.90 Å². The van der Waals surface area contributed by atoms with Crippen LogP contribution in [0.4, 0.5) is 11.4 Å². The average Bonchev–Trinajstić information content (AvgIpc) is 3.13. The summed E-state index contributed by atoms with van der Waals surface area (Å²) in [6.45, 7) is 1.94. The number of benzene rings is 2. The molecule has 4 aromatic rings. The fourth-order valence-corrected chi connectivity index (χ4v) is 4.37. The van der Waals surface area contributed by atoms with E-state index in [-0.39, 0.29) is 5.69 Å². The first-order valence-electron chi connectivity index (χ1n) is 8.67. The minimum Gasteiger partial charge on any atom is -0.306 e. The SMILES string of the molecule is Cc1cccn2cc(-c3ccccc3NS(=O)(=O)c3ccccc3[N+](=O)[O-])nc12. The van der Waals surface area contributed by atoms with Crippen molar-refractivity contribution in [2.24, 2.45) is 0 Å². The Balaban J connectivity index is 1.80. The van der Waals surface area contributed by atoms with Gasteiger partial charge in [0, 0.05) is 24.0 Å². The van der Waals surface area contributed by atoms with Crippen LogP contribution in [0.15, 0.2) is 78.0 Å². The van der Waals surface area contributed by atoms with Gasteiger partial charge in [-0.05, 0) is 30.7 Å². The number of hydrogen-bond acceptors (Lipinski definition) is 5. The average molecular weight is 408 g/mol. The number of aromatic nitrogens is 2. The van der Waals surface area contributed by atoms with E-state index in [1.54, 1.807) is 30.5 Å². The minimum atomic E-state index is -4.18. The largest absolute Gasteiger partial charge is 0.306 e. The highest BCUT2D eigenvalue weighted by molar-refractivity contribution is 7.92. The van der Waals surface area contributed by atoms with Gasteiger partial charge in [-0.15, -0.1) is 0 Å². The van der Waals surface area contributed by atoms with Gasteiger partial charge in [0.2, 0.25) is 0 Å². The first-order chi connectivity index (χ1) is 13.9. The predicted molar refractivity (Wildman–Crippen MR) is 109 cm³/mol. The van der Waals surface area contributed by atoms with Gasteiger partial charge in [-0.2, -0.15) is 0 Å². The second kappa shape index (κ2) is 7.02. The van der Waals surface area contributed by atoms with E-state index in [1.165, 1.54) is 18.2 Å². The van der Waals surface area contributed by atoms with Crippen LogP contribution in [-0.2, 0) is 10.0 Å². The van der Waals surface area contributed by atoms with E-state index in [1.807, 2.05) is 29.7 Å². The molecule has 0 saturated carbocycles. The lowest BCUT2D eigenvalue weighted by Gasteiger charge is -2.11. The molecule has 2 aromatic heterocycles. The summed E-state index contributed by atoms with van der Waals surface area (Å²) in [6, 6.07) is 15.9. The molecule has 0 atom stereocenters. The number of nitro groups is 1. The number of nitrogens with one attached hydrogen (secondary N) is 1. The topological polar surface area (TPSA) is 107 Å². The van der Waals surface area contributed by atoms with E-state index >= 15 is 0 Å². The Morgan fingerprint density at radius 3 is 2.52 bits per heavy atom. The van der Waals surface area contributed by atoms with E-state index < -0.39 is 25.5 Å². The third-order valence-electron chi connectivity index (χ3n) is 4.48. The Labute approximate surface area is 166 Å². The summed E-state index contributed by atoms with van der Waals surface area (Å²) in [6.07, 6.45) is 3.67. The molecular weight excluding hydrogens is 392 g/mol. The van der Waals surface area contributed by atoms with Gasteiger partial charge in [0.05, 0.1) is 16.3 Å². The van der Waals surface area contributed by atoms with Crippen LogP contribution in [0.3, 0.4) is 0 Å². The van der Waals surface area contributed by atoms with Crippen molar-refractivity contribution in [2.75, 3.05) is 4.72 Å². The molecule has 0 aliphatic carbocycles. The van der Waals surface area contributed by atoms with Crippen LogP contribution in [0.2, 0.25) is 0 Å². The van der Waals surface area contributed by atoms with Crippen LogP contribution in [0.5, 0.6) is 0 Å². The van der Waals surface area contributed by atoms with Crippen molar-refractivity contribution in [3.05, 3.63) is 88.7 Å². The number of imidazole rings is 1. The number of fused-ring (bicyclic) bond motifs is 1. The molecule has 4 rings (SSSR count). The Kier molecular flexibility index (Phi) is 4.51. The van der Waals surface area contributed by atoms with Gasteiger partial charge in [0.1, 0.15) is 5.65 Å². The second-order valence-electron chi connectivity index (χ2n) is 6.42. The van der Waals surface area contributed by atoms with Crippen LogP contribution in [0.1, 0.15) is 5.56 Å². The quantitative estimate of drug-likeness (QED) is 0.396. The van der Waals surface area contributed by atoms with Gasteiger partial charge in [-0.1, -0.05) is 36.4 Å². The van der Waals surface area contributed by atoms with Gasteiger partial charge in [0.25, 0.3) is 15.7 Å². The maximum atomic E-state index is 12.9. The normalized spacial score (nSPS) is 11.5.